The first kappa shape index (κ1) is 8.88. The maximum absolute atomic E-state index is 11.3. The summed E-state index contributed by atoms with van der Waals surface area (Å²) in [5, 5.41) is 0.475. The van der Waals surface area contributed by atoms with Gasteiger partial charge in [0.15, 0.2) is 0 Å². The summed E-state index contributed by atoms with van der Waals surface area (Å²) in [7, 11) is 0. The molecule has 14 heavy (non-hydrogen) atoms. The van der Waals surface area contributed by atoms with Gasteiger partial charge in [0.05, 0.1) is 5.03 Å². The Morgan fingerprint density at radius 3 is 2.36 bits per heavy atom. The summed E-state index contributed by atoms with van der Waals surface area (Å²) in [6.45, 7) is 0. The van der Waals surface area contributed by atoms with Gasteiger partial charge in [0.2, 0.25) is 0 Å². The first-order chi connectivity index (χ1) is 6.61. The number of hydrogen-bond acceptors (Lipinski definition) is 4. The molecule has 0 spiro atoms. The number of ether oxygens (including phenoxy) is 2. The van der Waals surface area contributed by atoms with Crippen LogP contribution in [0.3, 0.4) is 0 Å². The Labute approximate surface area is 92.3 Å². The van der Waals surface area contributed by atoms with Crippen LogP contribution in [0.5, 0.6) is 0 Å². The van der Waals surface area contributed by atoms with Crippen molar-refractivity contribution in [1.82, 2.24) is 0 Å². The molecule has 0 aromatic carbocycles. The number of esters is 2. The summed E-state index contributed by atoms with van der Waals surface area (Å²) >= 11 is 9.18. The molecule has 0 amide bonds. The second kappa shape index (κ2) is 2.59. The van der Waals surface area contributed by atoms with Gasteiger partial charge >= 0.3 is 11.9 Å². The average Bonchev–Trinajstić information content (AvgIpc) is 2.71. The molecular weight excluding hydrogens is 275 g/mol. The van der Waals surface area contributed by atoms with Crippen molar-refractivity contribution < 1.29 is 19.1 Å². The second-order valence-electron chi connectivity index (χ2n) is 3.46. The summed E-state index contributed by atoms with van der Waals surface area (Å²) in [6, 6.07) is 0. The van der Waals surface area contributed by atoms with E-state index in [-0.39, 0.29) is 0 Å². The van der Waals surface area contributed by atoms with Gasteiger partial charge in [-0.2, -0.15) is 0 Å². The fourth-order valence-corrected chi connectivity index (χ4v) is 3.10. The molecule has 0 N–H and O–H groups in total. The Morgan fingerprint density at radius 1 is 1.14 bits per heavy atom. The lowest BCUT2D eigenvalue weighted by Crippen LogP contribution is -2.29. The Kier molecular flexibility index (Phi) is 1.64. The van der Waals surface area contributed by atoms with Crippen molar-refractivity contribution in [3.63, 3.8) is 0 Å². The molecule has 6 heteroatoms. The summed E-state index contributed by atoms with van der Waals surface area (Å²) in [6.07, 6.45) is -0.934. The van der Waals surface area contributed by atoms with Crippen LogP contribution < -0.4 is 0 Å². The highest BCUT2D eigenvalue weighted by Crippen LogP contribution is 2.53. The number of carbonyl (C=O) groups is 2. The molecule has 74 valence electrons. The summed E-state index contributed by atoms with van der Waals surface area (Å²) in [5.74, 6) is -2.08. The maximum atomic E-state index is 11.3. The van der Waals surface area contributed by atoms with E-state index in [0.29, 0.717) is 9.51 Å². The number of fused-ring (bicyclic) bond motifs is 5. The van der Waals surface area contributed by atoms with E-state index in [1.807, 2.05) is 0 Å². The molecule has 2 saturated heterocycles. The molecule has 0 aromatic heterocycles. The van der Waals surface area contributed by atoms with Crippen LogP contribution >= 0.6 is 27.5 Å². The van der Waals surface area contributed by atoms with Gasteiger partial charge < -0.3 is 9.47 Å². The molecule has 0 saturated carbocycles. The Bertz CT molecular complexity index is 357. The lowest BCUT2D eigenvalue weighted by atomic mass is 9.85. The van der Waals surface area contributed by atoms with E-state index < -0.39 is 36.0 Å². The van der Waals surface area contributed by atoms with E-state index in [4.69, 9.17) is 16.3 Å². The van der Waals surface area contributed by atoms with Crippen LogP contribution in [0, 0.1) is 11.8 Å². The minimum atomic E-state index is -0.540. The summed E-state index contributed by atoms with van der Waals surface area (Å²) in [5.41, 5.74) is 0. The lowest BCUT2D eigenvalue weighted by molar-refractivity contribution is -0.156. The molecule has 0 aromatic rings. The van der Waals surface area contributed by atoms with Crippen LogP contribution in [0.25, 0.3) is 0 Å². The highest BCUT2D eigenvalue weighted by molar-refractivity contribution is 9.11. The zero-order chi connectivity index (χ0) is 10.0. The highest BCUT2D eigenvalue weighted by Gasteiger charge is 2.64. The number of halogens is 2. The summed E-state index contributed by atoms with van der Waals surface area (Å²) in [4.78, 5) is 22.6. The molecule has 4 atom stereocenters. The van der Waals surface area contributed by atoms with Gasteiger partial charge in [0.25, 0.3) is 0 Å². The molecule has 3 aliphatic heterocycles. The smallest absolute Gasteiger partial charge is 0.320 e. The topological polar surface area (TPSA) is 52.6 Å². The molecular formula is C8H4BrClO4. The first-order valence-corrected chi connectivity index (χ1v) is 5.24. The third-order valence-electron chi connectivity index (χ3n) is 2.81. The minimum absolute atomic E-state index is 0.434. The molecule has 3 rings (SSSR count). The number of carbonyl (C=O) groups excluding carboxylic acids is 2. The van der Waals surface area contributed by atoms with Gasteiger partial charge in [0, 0.05) is 4.48 Å². The van der Waals surface area contributed by atoms with Crippen LogP contribution in [0.4, 0.5) is 0 Å². The van der Waals surface area contributed by atoms with Gasteiger partial charge in [-0.1, -0.05) is 27.5 Å². The Balaban J connectivity index is 2.10. The largest absolute Gasteiger partial charge is 0.393 e. The number of hydrogen-bond donors (Lipinski definition) is 0. The highest BCUT2D eigenvalue weighted by atomic mass is 79.9. The molecule has 0 aliphatic carbocycles. The van der Waals surface area contributed by atoms with Gasteiger partial charge in [-0.05, 0) is 0 Å². The molecule has 2 fully saturated rings. The van der Waals surface area contributed by atoms with Gasteiger partial charge in [-0.3, -0.25) is 9.59 Å². The molecule has 2 bridgehead atoms. The molecule has 0 radical (unpaired) electrons. The zero-order valence-corrected chi connectivity index (χ0v) is 9.04. The molecule has 3 aliphatic rings. The maximum Gasteiger partial charge on any atom is 0.320 e. The van der Waals surface area contributed by atoms with E-state index >= 15 is 0 Å². The SMILES string of the molecule is O=C1OC(=O)C2C3OC(C(Cl)=C3Br)C12. The van der Waals surface area contributed by atoms with Crippen molar-refractivity contribution in [1.29, 1.82) is 0 Å². The average molecular weight is 279 g/mol. The predicted molar refractivity (Wildman–Crippen MR) is 48.5 cm³/mol. The fourth-order valence-electron chi connectivity index (χ4n) is 2.19. The number of cyclic esters (lactones) is 2. The predicted octanol–water partition coefficient (Wildman–Crippen LogP) is 0.928. The quantitative estimate of drug-likeness (QED) is 0.489. The van der Waals surface area contributed by atoms with E-state index in [9.17, 15) is 9.59 Å². The monoisotopic (exact) mass is 278 g/mol. The van der Waals surface area contributed by atoms with E-state index in [1.54, 1.807) is 0 Å². The van der Waals surface area contributed by atoms with Gasteiger partial charge in [0.1, 0.15) is 24.0 Å². The van der Waals surface area contributed by atoms with Crippen LogP contribution in [-0.4, -0.2) is 24.1 Å². The standard InChI is InChI=1S/C8H4BrClO4/c9-3-4(10)6-2-1(5(3)13-6)7(11)14-8(2)12/h1-2,5-6H. The minimum Gasteiger partial charge on any atom is -0.393 e. The first-order valence-electron chi connectivity index (χ1n) is 4.07. The third-order valence-corrected chi connectivity index (χ3v) is 4.33. The second-order valence-corrected chi connectivity index (χ2v) is 4.73. The molecule has 4 nitrogen and oxygen atoms in total. The lowest BCUT2D eigenvalue weighted by Gasteiger charge is -2.14. The van der Waals surface area contributed by atoms with Crippen molar-refractivity contribution in [2.45, 2.75) is 12.2 Å². The Hall–Kier alpha value is -0.390. The normalized spacial score (nSPS) is 44.7. The van der Waals surface area contributed by atoms with Crippen LogP contribution in [0.2, 0.25) is 0 Å². The van der Waals surface area contributed by atoms with Crippen molar-refractivity contribution in [3.05, 3.63) is 9.51 Å². The van der Waals surface area contributed by atoms with Crippen LogP contribution in [0.15, 0.2) is 9.51 Å². The van der Waals surface area contributed by atoms with Gasteiger partial charge in [-0.25, -0.2) is 0 Å². The summed E-state index contributed by atoms with van der Waals surface area (Å²) < 4.78 is 10.6. The van der Waals surface area contributed by atoms with Crippen molar-refractivity contribution >= 4 is 39.5 Å². The van der Waals surface area contributed by atoms with E-state index in [0.717, 1.165) is 0 Å². The van der Waals surface area contributed by atoms with Crippen molar-refractivity contribution in [3.8, 4) is 0 Å². The van der Waals surface area contributed by atoms with Crippen LogP contribution in [-0.2, 0) is 19.1 Å². The van der Waals surface area contributed by atoms with E-state index in [2.05, 4.69) is 20.7 Å². The third kappa shape index (κ3) is 0.833. The zero-order valence-electron chi connectivity index (χ0n) is 6.70. The Morgan fingerprint density at radius 2 is 1.71 bits per heavy atom. The van der Waals surface area contributed by atoms with Crippen LogP contribution in [0.1, 0.15) is 0 Å². The number of rotatable bonds is 0. The molecule has 4 unspecified atom stereocenters. The van der Waals surface area contributed by atoms with E-state index in [1.165, 1.54) is 0 Å². The van der Waals surface area contributed by atoms with Crippen molar-refractivity contribution in [2.24, 2.45) is 11.8 Å². The van der Waals surface area contributed by atoms with Gasteiger partial charge in [-0.15, -0.1) is 0 Å². The van der Waals surface area contributed by atoms with Crippen molar-refractivity contribution in [2.75, 3.05) is 0 Å². The molecule has 3 heterocycles. The fraction of sp³-hybridized carbons (Fsp3) is 0.500.